The molecule has 1 unspecified atom stereocenters. The van der Waals surface area contributed by atoms with Gasteiger partial charge in [0.05, 0.1) is 32.4 Å². The van der Waals surface area contributed by atoms with Gasteiger partial charge in [0.25, 0.3) is 0 Å². The topological polar surface area (TPSA) is 45.5 Å². The Kier molecular flexibility index (Phi) is 3.74. The number of nitrogens with zero attached hydrogens (tertiary/aromatic N) is 2. The van der Waals surface area contributed by atoms with Gasteiger partial charge in [0, 0.05) is 5.56 Å². The second kappa shape index (κ2) is 5.16. The first-order chi connectivity index (χ1) is 9.04. The van der Waals surface area contributed by atoms with Gasteiger partial charge in [0.2, 0.25) is 0 Å². The average molecular weight is 264 g/mol. The zero-order valence-electron chi connectivity index (χ0n) is 11.3. The first-order valence-corrected chi connectivity index (χ1v) is 6.03. The third-order valence-corrected chi connectivity index (χ3v) is 3.47. The molecular formula is C14H17FN2O2. The van der Waals surface area contributed by atoms with Gasteiger partial charge in [-0.1, -0.05) is 0 Å². The van der Waals surface area contributed by atoms with Crippen molar-refractivity contribution >= 4 is 0 Å². The first-order valence-electron chi connectivity index (χ1n) is 6.03. The lowest BCUT2D eigenvalue weighted by molar-refractivity contribution is -0.116. The molecule has 1 heterocycles. The summed E-state index contributed by atoms with van der Waals surface area (Å²) in [6, 6.07) is 6.43. The van der Waals surface area contributed by atoms with Crippen LogP contribution in [-0.2, 0) is 4.74 Å². The fraction of sp³-hybridized carbons (Fsp3) is 0.500. The third kappa shape index (κ3) is 2.29. The number of nitriles is 1. The second-order valence-corrected chi connectivity index (χ2v) is 5.01. The Labute approximate surface area is 112 Å². The zero-order valence-corrected chi connectivity index (χ0v) is 11.3. The summed E-state index contributed by atoms with van der Waals surface area (Å²) in [6.45, 7) is 0.706. The van der Waals surface area contributed by atoms with Crippen LogP contribution in [0.2, 0.25) is 0 Å². The van der Waals surface area contributed by atoms with E-state index < -0.39 is 5.41 Å². The van der Waals surface area contributed by atoms with Crippen molar-refractivity contribution < 1.29 is 13.9 Å². The predicted octanol–water partition coefficient (Wildman–Crippen LogP) is 1.98. The number of benzene rings is 1. The molecule has 1 aromatic carbocycles. The molecule has 1 saturated heterocycles. The maximum absolute atomic E-state index is 13.5. The minimum Gasteiger partial charge on any atom is -0.496 e. The lowest BCUT2D eigenvalue weighted by Gasteiger charge is -2.44. The Balaban J connectivity index is 2.51. The van der Waals surface area contributed by atoms with Crippen molar-refractivity contribution in [3.8, 4) is 11.8 Å². The van der Waals surface area contributed by atoms with Gasteiger partial charge in [-0.15, -0.1) is 0 Å². The summed E-state index contributed by atoms with van der Waals surface area (Å²) < 4.78 is 24.0. The van der Waals surface area contributed by atoms with Crippen LogP contribution in [0.15, 0.2) is 18.2 Å². The Morgan fingerprint density at radius 1 is 1.47 bits per heavy atom. The van der Waals surface area contributed by atoms with Gasteiger partial charge in [-0.25, -0.2) is 4.39 Å². The molecule has 0 spiro atoms. The summed E-state index contributed by atoms with van der Waals surface area (Å²) in [7, 11) is 5.28. The number of rotatable bonds is 4. The standard InChI is InChI=1S/C14H17FN2O2/c1-17(2)13(14(7-16)8-19-9-14)11-6-10(15)4-5-12(11)18-3/h4-6,13H,8-9H2,1-3H3. The van der Waals surface area contributed by atoms with Gasteiger partial charge in [-0.05, 0) is 32.3 Å². The van der Waals surface area contributed by atoms with Gasteiger partial charge in [0.1, 0.15) is 17.0 Å². The van der Waals surface area contributed by atoms with Crippen molar-refractivity contribution in [2.75, 3.05) is 34.4 Å². The van der Waals surface area contributed by atoms with E-state index in [2.05, 4.69) is 6.07 Å². The molecule has 0 radical (unpaired) electrons. The minimum atomic E-state index is -0.648. The van der Waals surface area contributed by atoms with Crippen molar-refractivity contribution in [2.45, 2.75) is 6.04 Å². The molecule has 5 heteroatoms. The fourth-order valence-corrected chi connectivity index (χ4v) is 2.59. The van der Waals surface area contributed by atoms with E-state index in [0.29, 0.717) is 24.5 Å². The van der Waals surface area contributed by atoms with Crippen LogP contribution in [0.3, 0.4) is 0 Å². The maximum atomic E-state index is 13.5. The molecule has 0 amide bonds. The molecule has 1 fully saturated rings. The molecule has 1 aromatic rings. The Morgan fingerprint density at radius 3 is 2.58 bits per heavy atom. The molecular weight excluding hydrogens is 247 g/mol. The average Bonchev–Trinajstić information content (AvgIpc) is 2.33. The van der Waals surface area contributed by atoms with E-state index in [1.54, 1.807) is 13.2 Å². The Bertz CT molecular complexity index is 507. The number of methoxy groups -OCH3 is 1. The number of hydrogen-bond donors (Lipinski definition) is 0. The molecule has 2 rings (SSSR count). The van der Waals surface area contributed by atoms with Crippen LogP contribution in [0.4, 0.5) is 4.39 Å². The highest BCUT2D eigenvalue weighted by Gasteiger charge is 2.49. The van der Waals surface area contributed by atoms with Gasteiger partial charge in [-0.3, -0.25) is 0 Å². The van der Waals surface area contributed by atoms with Gasteiger partial charge >= 0.3 is 0 Å². The van der Waals surface area contributed by atoms with Crippen molar-refractivity contribution in [3.05, 3.63) is 29.6 Å². The van der Waals surface area contributed by atoms with Crippen LogP contribution < -0.4 is 4.74 Å². The van der Waals surface area contributed by atoms with E-state index in [0.717, 1.165) is 0 Å². The van der Waals surface area contributed by atoms with E-state index in [1.165, 1.54) is 12.1 Å². The minimum absolute atomic E-state index is 0.267. The summed E-state index contributed by atoms with van der Waals surface area (Å²) in [5.74, 6) is 0.248. The number of hydrogen-bond acceptors (Lipinski definition) is 4. The summed E-state index contributed by atoms with van der Waals surface area (Å²) in [5, 5.41) is 9.46. The van der Waals surface area contributed by atoms with Crippen molar-refractivity contribution in [3.63, 3.8) is 0 Å². The molecule has 0 aliphatic carbocycles. The molecule has 1 aliphatic rings. The summed E-state index contributed by atoms with van der Waals surface area (Å²) >= 11 is 0. The molecule has 0 saturated carbocycles. The number of halogens is 1. The van der Waals surface area contributed by atoms with Gasteiger partial charge in [-0.2, -0.15) is 5.26 Å². The van der Waals surface area contributed by atoms with Crippen LogP contribution >= 0.6 is 0 Å². The normalized spacial score (nSPS) is 18.5. The van der Waals surface area contributed by atoms with Crippen LogP contribution in [0.5, 0.6) is 5.75 Å². The summed E-state index contributed by atoms with van der Waals surface area (Å²) in [6.07, 6.45) is 0. The van der Waals surface area contributed by atoms with Gasteiger partial charge < -0.3 is 14.4 Å². The highest BCUT2D eigenvalue weighted by molar-refractivity contribution is 5.39. The second-order valence-electron chi connectivity index (χ2n) is 5.01. The quantitative estimate of drug-likeness (QED) is 0.834. The molecule has 102 valence electrons. The fourth-order valence-electron chi connectivity index (χ4n) is 2.59. The van der Waals surface area contributed by atoms with Crippen molar-refractivity contribution in [1.29, 1.82) is 5.26 Å². The monoisotopic (exact) mass is 264 g/mol. The molecule has 1 atom stereocenters. The van der Waals surface area contributed by atoms with Gasteiger partial charge in [0.15, 0.2) is 0 Å². The molecule has 1 aliphatic heterocycles. The smallest absolute Gasteiger partial charge is 0.123 e. The highest BCUT2D eigenvalue weighted by Crippen LogP contribution is 2.45. The van der Waals surface area contributed by atoms with E-state index in [-0.39, 0.29) is 11.9 Å². The van der Waals surface area contributed by atoms with E-state index in [4.69, 9.17) is 9.47 Å². The van der Waals surface area contributed by atoms with E-state index in [1.807, 2.05) is 19.0 Å². The highest BCUT2D eigenvalue weighted by atomic mass is 19.1. The van der Waals surface area contributed by atoms with Crippen LogP contribution in [0, 0.1) is 22.6 Å². The molecule has 0 aromatic heterocycles. The first kappa shape index (κ1) is 13.8. The lowest BCUT2D eigenvalue weighted by atomic mass is 9.75. The third-order valence-electron chi connectivity index (χ3n) is 3.47. The van der Waals surface area contributed by atoms with Crippen LogP contribution in [-0.4, -0.2) is 39.3 Å². The van der Waals surface area contributed by atoms with Crippen LogP contribution in [0.25, 0.3) is 0 Å². The zero-order chi connectivity index (χ0) is 14.0. The van der Waals surface area contributed by atoms with E-state index in [9.17, 15) is 9.65 Å². The molecule has 0 N–H and O–H groups in total. The largest absolute Gasteiger partial charge is 0.496 e. The molecule has 0 bridgehead atoms. The molecule has 19 heavy (non-hydrogen) atoms. The molecule has 4 nitrogen and oxygen atoms in total. The summed E-state index contributed by atoms with van der Waals surface area (Å²) in [5.41, 5.74) is 0.0299. The Morgan fingerprint density at radius 2 is 2.16 bits per heavy atom. The van der Waals surface area contributed by atoms with Crippen molar-refractivity contribution in [2.24, 2.45) is 5.41 Å². The van der Waals surface area contributed by atoms with E-state index >= 15 is 0 Å². The Hall–Kier alpha value is -1.64. The van der Waals surface area contributed by atoms with Crippen LogP contribution in [0.1, 0.15) is 11.6 Å². The maximum Gasteiger partial charge on any atom is 0.123 e. The van der Waals surface area contributed by atoms with Crippen molar-refractivity contribution in [1.82, 2.24) is 4.90 Å². The lowest BCUT2D eigenvalue weighted by Crippen LogP contribution is -2.50. The predicted molar refractivity (Wildman–Crippen MR) is 68.2 cm³/mol. The SMILES string of the molecule is COc1ccc(F)cc1C(N(C)C)C1(C#N)COC1. The summed E-state index contributed by atoms with van der Waals surface area (Å²) in [4.78, 5) is 1.91. The number of ether oxygens (including phenoxy) is 2.